The minimum atomic E-state index is -0.0960. The number of rotatable bonds is 1. The van der Waals surface area contributed by atoms with Gasteiger partial charge >= 0.3 is 0 Å². The minimum absolute atomic E-state index is 0.0960. The van der Waals surface area contributed by atoms with Crippen LogP contribution in [0.4, 0.5) is 5.69 Å². The summed E-state index contributed by atoms with van der Waals surface area (Å²) in [6, 6.07) is 1.66. The Morgan fingerprint density at radius 1 is 1.29 bits per heavy atom. The molecular weight excluding hydrogens is 178 g/mol. The Balaban J connectivity index is 3.29. The molecule has 0 aromatic heterocycles. The Hall–Kier alpha value is -1.51. The predicted molar refractivity (Wildman–Crippen MR) is 56.6 cm³/mol. The number of phenolic OH excluding ortho intramolecular Hbond substituents is 1. The minimum Gasteiger partial charge on any atom is -0.508 e. The van der Waals surface area contributed by atoms with Crippen molar-refractivity contribution in [1.29, 1.82) is 0 Å². The Bertz CT molecular complexity index is 383. The lowest BCUT2D eigenvalue weighted by Crippen LogP contribution is -2.09. The summed E-state index contributed by atoms with van der Waals surface area (Å²) in [4.78, 5) is 10.9. The number of carbonyl (C=O) groups is 1. The number of carbonyl (C=O) groups excluding carboxylic acids is 1. The van der Waals surface area contributed by atoms with Crippen LogP contribution in [0, 0.1) is 20.8 Å². The van der Waals surface area contributed by atoms with Crippen LogP contribution in [0.3, 0.4) is 0 Å². The fourth-order valence-corrected chi connectivity index (χ4v) is 1.43. The first-order valence-electron chi connectivity index (χ1n) is 4.51. The Morgan fingerprint density at radius 2 is 1.86 bits per heavy atom. The van der Waals surface area contributed by atoms with Crippen LogP contribution in [0.5, 0.6) is 5.75 Å². The number of anilines is 1. The molecule has 0 fully saturated rings. The summed E-state index contributed by atoms with van der Waals surface area (Å²) in [5.74, 6) is 0.176. The van der Waals surface area contributed by atoms with Gasteiger partial charge < -0.3 is 10.4 Å². The third kappa shape index (κ3) is 1.87. The maximum atomic E-state index is 10.9. The number of nitrogens with one attached hydrogen (secondary N) is 1. The van der Waals surface area contributed by atoms with Gasteiger partial charge in [-0.05, 0) is 43.5 Å². The Morgan fingerprint density at radius 3 is 2.36 bits per heavy atom. The van der Waals surface area contributed by atoms with E-state index in [0.717, 1.165) is 22.4 Å². The van der Waals surface area contributed by atoms with E-state index in [1.165, 1.54) is 6.92 Å². The van der Waals surface area contributed by atoms with Crippen molar-refractivity contribution in [1.82, 2.24) is 0 Å². The maximum absolute atomic E-state index is 10.9. The molecule has 14 heavy (non-hydrogen) atoms. The number of hydrogen-bond acceptors (Lipinski definition) is 2. The monoisotopic (exact) mass is 193 g/mol. The number of benzene rings is 1. The smallest absolute Gasteiger partial charge is 0.221 e. The second kappa shape index (κ2) is 3.70. The third-order valence-corrected chi connectivity index (χ3v) is 2.37. The van der Waals surface area contributed by atoms with E-state index in [9.17, 15) is 9.90 Å². The number of phenols is 1. The molecule has 0 spiro atoms. The van der Waals surface area contributed by atoms with Crippen molar-refractivity contribution in [2.45, 2.75) is 27.7 Å². The number of aromatic hydroxyl groups is 1. The van der Waals surface area contributed by atoms with Gasteiger partial charge in [-0.15, -0.1) is 0 Å². The first kappa shape index (κ1) is 10.6. The second-order valence-corrected chi connectivity index (χ2v) is 3.52. The molecule has 0 unspecified atom stereocenters. The molecule has 1 rings (SSSR count). The van der Waals surface area contributed by atoms with Gasteiger partial charge in [-0.3, -0.25) is 4.79 Å². The van der Waals surface area contributed by atoms with E-state index < -0.39 is 0 Å². The lowest BCUT2D eigenvalue weighted by molar-refractivity contribution is -0.114. The van der Waals surface area contributed by atoms with Gasteiger partial charge in [0.05, 0.1) is 0 Å². The van der Waals surface area contributed by atoms with Gasteiger partial charge in [-0.25, -0.2) is 0 Å². The average molecular weight is 193 g/mol. The van der Waals surface area contributed by atoms with Crippen molar-refractivity contribution in [3.63, 3.8) is 0 Å². The zero-order valence-electron chi connectivity index (χ0n) is 8.93. The second-order valence-electron chi connectivity index (χ2n) is 3.52. The van der Waals surface area contributed by atoms with Crippen LogP contribution in [0.2, 0.25) is 0 Å². The molecule has 1 aromatic rings. The summed E-state index contributed by atoms with van der Waals surface area (Å²) in [5, 5.41) is 12.3. The van der Waals surface area contributed by atoms with E-state index in [0.29, 0.717) is 0 Å². The van der Waals surface area contributed by atoms with Gasteiger partial charge in [0.1, 0.15) is 5.75 Å². The molecule has 1 aromatic carbocycles. The van der Waals surface area contributed by atoms with Gasteiger partial charge in [-0.2, -0.15) is 0 Å². The van der Waals surface area contributed by atoms with E-state index >= 15 is 0 Å². The molecule has 0 heterocycles. The largest absolute Gasteiger partial charge is 0.508 e. The SMILES string of the molecule is CC(=O)Nc1c(C)cc(O)c(C)c1C. The first-order valence-corrected chi connectivity index (χ1v) is 4.51. The molecule has 3 heteroatoms. The zero-order valence-corrected chi connectivity index (χ0v) is 8.93. The van der Waals surface area contributed by atoms with Gasteiger partial charge in [0, 0.05) is 12.6 Å². The number of amides is 1. The third-order valence-electron chi connectivity index (χ3n) is 2.37. The molecule has 0 aliphatic rings. The molecule has 0 radical (unpaired) electrons. The molecule has 76 valence electrons. The van der Waals surface area contributed by atoms with Crippen LogP contribution in [-0.2, 0) is 4.79 Å². The molecule has 1 amide bonds. The maximum Gasteiger partial charge on any atom is 0.221 e. The molecule has 0 aliphatic carbocycles. The predicted octanol–water partition coefficient (Wildman–Crippen LogP) is 2.28. The quantitative estimate of drug-likeness (QED) is 0.672. The van der Waals surface area contributed by atoms with Crippen LogP contribution in [-0.4, -0.2) is 11.0 Å². The fraction of sp³-hybridized carbons (Fsp3) is 0.364. The van der Waals surface area contributed by atoms with Crippen LogP contribution in [0.1, 0.15) is 23.6 Å². The standard InChI is InChI=1S/C11H15NO2/c1-6-5-10(14)7(2)8(3)11(6)12-9(4)13/h5,14H,1-4H3,(H,12,13). The van der Waals surface area contributed by atoms with Gasteiger partial charge in [0.25, 0.3) is 0 Å². The van der Waals surface area contributed by atoms with Crippen molar-refractivity contribution in [2.75, 3.05) is 5.32 Å². The number of hydrogen-bond donors (Lipinski definition) is 2. The van der Waals surface area contributed by atoms with Crippen LogP contribution in [0.25, 0.3) is 0 Å². The van der Waals surface area contributed by atoms with Crippen LogP contribution in [0.15, 0.2) is 6.07 Å². The molecule has 2 N–H and O–H groups in total. The molecule has 0 saturated carbocycles. The highest BCUT2D eigenvalue weighted by atomic mass is 16.3. The van der Waals surface area contributed by atoms with Crippen LogP contribution < -0.4 is 5.32 Å². The molecule has 0 atom stereocenters. The zero-order chi connectivity index (χ0) is 10.9. The summed E-state index contributed by atoms with van der Waals surface area (Å²) in [5.41, 5.74) is 3.39. The van der Waals surface area contributed by atoms with Gasteiger partial charge in [-0.1, -0.05) is 0 Å². The topological polar surface area (TPSA) is 49.3 Å². The average Bonchev–Trinajstić information content (AvgIpc) is 2.09. The summed E-state index contributed by atoms with van der Waals surface area (Å²) < 4.78 is 0. The van der Waals surface area contributed by atoms with Crippen molar-refractivity contribution < 1.29 is 9.90 Å². The van der Waals surface area contributed by atoms with E-state index in [4.69, 9.17) is 0 Å². The fourth-order valence-electron chi connectivity index (χ4n) is 1.43. The summed E-state index contributed by atoms with van der Waals surface area (Å²) in [6.45, 7) is 7.04. The highest BCUT2D eigenvalue weighted by Crippen LogP contribution is 2.30. The molecule has 0 saturated heterocycles. The molecule has 0 bridgehead atoms. The first-order chi connectivity index (χ1) is 6.43. The van der Waals surface area contributed by atoms with E-state index in [-0.39, 0.29) is 11.7 Å². The van der Waals surface area contributed by atoms with Crippen molar-refractivity contribution in [3.8, 4) is 5.75 Å². The Labute approximate surface area is 83.8 Å². The van der Waals surface area contributed by atoms with Gasteiger partial charge in [0.2, 0.25) is 5.91 Å². The lowest BCUT2D eigenvalue weighted by Gasteiger charge is -2.13. The number of aryl methyl sites for hydroxylation is 1. The van der Waals surface area contributed by atoms with Gasteiger partial charge in [0.15, 0.2) is 0 Å². The van der Waals surface area contributed by atoms with Crippen molar-refractivity contribution >= 4 is 11.6 Å². The molecule has 3 nitrogen and oxygen atoms in total. The molecular formula is C11H15NO2. The summed E-state index contributed by atoms with van der Waals surface area (Å²) >= 11 is 0. The molecule has 0 aliphatic heterocycles. The van der Waals surface area contributed by atoms with E-state index in [2.05, 4.69) is 5.32 Å². The van der Waals surface area contributed by atoms with Crippen molar-refractivity contribution in [2.24, 2.45) is 0 Å². The normalized spacial score (nSPS) is 10.0. The van der Waals surface area contributed by atoms with E-state index in [1.807, 2.05) is 20.8 Å². The van der Waals surface area contributed by atoms with Crippen LogP contribution >= 0.6 is 0 Å². The highest BCUT2D eigenvalue weighted by molar-refractivity contribution is 5.91. The van der Waals surface area contributed by atoms with Crippen molar-refractivity contribution in [3.05, 3.63) is 22.8 Å². The lowest BCUT2D eigenvalue weighted by atomic mass is 10.0. The highest BCUT2D eigenvalue weighted by Gasteiger charge is 2.09. The summed E-state index contributed by atoms with van der Waals surface area (Å²) in [6.07, 6.45) is 0. The van der Waals surface area contributed by atoms with E-state index in [1.54, 1.807) is 6.07 Å². The Kier molecular flexibility index (Phi) is 2.79. The summed E-state index contributed by atoms with van der Waals surface area (Å²) in [7, 11) is 0.